The number of carboxylic acid groups (broad SMARTS) is 1. The van der Waals surface area contributed by atoms with Crippen LogP contribution in [0.2, 0.25) is 18.1 Å². The first-order valence-electron chi connectivity index (χ1n) is 8.56. The first kappa shape index (κ1) is 21.1. The van der Waals surface area contributed by atoms with Gasteiger partial charge in [0, 0.05) is 0 Å². The Bertz CT molecular complexity index is 567. The van der Waals surface area contributed by atoms with E-state index in [1.54, 1.807) is 11.8 Å². The van der Waals surface area contributed by atoms with Crippen LogP contribution in [0.25, 0.3) is 0 Å². The first-order chi connectivity index (χ1) is 11.3. The number of aliphatic carboxylic acids is 1. The van der Waals surface area contributed by atoms with Crippen molar-refractivity contribution in [3.05, 3.63) is 0 Å². The van der Waals surface area contributed by atoms with Gasteiger partial charge in [-0.1, -0.05) is 32.5 Å². The average Bonchev–Trinajstić information content (AvgIpc) is 2.81. The van der Waals surface area contributed by atoms with Crippen LogP contribution in [0.15, 0.2) is 0 Å². The molecule has 5 atom stereocenters. The fourth-order valence-corrected chi connectivity index (χ4v) is 7.98. The fourth-order valence-electron chi connectivity index (χ4n) is 3.03. The topological polar surface area (TPSA) is 89.9 Å². The van der Waals surface area contributed by atoms with E-state index in [1.165, 1.54) is 0 Å². The van der Waals surface area contributed by atoms with Gasteiger partial charge in [-0.2, -0.15) is 0 Å². The number of carboxylic acids is 1. The lowest BCUT2D eigenvalue weighted by Crippen LogP contribution is -2.62. The van der Waals surface area contributed by atoms with Gasteiger partial charge in [-0.25, -0.2) is 4.79 Å². The second kappa shape index (κ2) is 6.74. The summed E-state index contributed by atoms with van der Waals surface area (Å²) in [4.78, 5) is 26.0. The van der Waals surface area contributed by atoms with Crippen LogP contribution in [-0.2, 0) is 25.2 Å². The number of thioether (sulfide) groups is 1. The molecule has 2 fully saturated rings. The van der Waals surface area contributed by atoms with Gasteiger partial charge in [0.15, 0.2) is 8.32 Å². The smallest absolute Gasteiger partial charge is 0.373 e. The van der Waals surface area contributed by atoms with E-state index in [0.29, 0.717) is 0 Å². The van der Waals surface area contributed by atoms with Crippen molar-refractivity contribution in [1.82, 2.24) is 4.90 Å². The molecule has 0 spiro atoms. The third kappa shape index (κ3) is 3.38. The molecule has 0 aliphatic carbocycles. The van der Waals surface area contributed by atoms with Gasteiger partial charge < -0.3 is 19.0 Å². The normalized spacial score (nSPS) is 32.2. The Morgan fingerprint density at radius 2 is 2.12 bits per heavy atom. The Kier molecular flexibility index (Phi) is 5.68. The number of β-lactam (4-membered cyclic amide) rings is 1. The Labute approximate surface area is 158 Å². The number of carbonyl (C=O) groups excluding carboxylic acids is 1. The summed E-state index contributed by atoms with van der Waals surface area (Å²) in [5, 5.41) is 9.42. The quantitative estimate of drug-likeness (QED) is 0.413. The number of nitrogens with zero attached hydrogens (tertiary/aromatic N) is 1. The molecule has 2 aliphatic heterocycles. The van der Waals surface area contributed by atoms with Crippen LogP contribution in [0.3, 0.4) is 0 Å². The maximum absolute atomic E-state index is 12.6. The lowest BCUT2D eigenvalue weighted by Gasteiger charge is -2.47. The zero-order chi connectivity index (χ0) is 19.4. The standard InChI is InChI=1S/C16H29NO5S2Si/c1-8-24(21)16(14(19)20)9-17-12(18)11(13(17)23-16)10(2)22-25(6,7)15(3,4)5/h10-11,13H,8-9H2,1-7H3,(H,19,20)/t10-,11+,13-,16?,24?/m1/s1. The number of hydrogen-bond donors (Lipinski definition) is 1. The lowest BCUT2D eigenvalue weighted by atomic mass is 9.93. The molecule has 2 heterocycles. The van der Waals surface area contributed by atoms with Crippen LogP contribution in [0.4, 0.5) is 0 Å². The van der Waals surface area contributed by atoms with Gasteiger partial charge in [0.2, 0.25) is 5.91 Å². The van der Waals surface area contributed by atoms with Crippen LogP contribution >= 0.6 is 11.8 Å². The number of hydrogen-bond acceptors (Lipinski definition) is 5. The molecular weight excluding hydrogens is 378 g/mol. The molecule has 0 aromatic carbocycles. The summed E-state index contributed by atoms with van der Waals surface area (Å²) in [6.07, 6.45) is -0.276. The molecule has 2 rings (SSSR count). The number of fused-ring (bicyclic) bond motifs is 1. The second-order valence-electron chi connectivity index (χ2n) is 8.28. The summed E-state index contributed by atoms with van der Waals surface area (Å²) >= 11 is -0.368. The highest BCUT2D eigenvalue weighted by Gasteiger charge is 2.68. The van der Waals surface area contributed by atoms with E-state index in [4.69, 9.17) is 4.43 Å². The molecule has 0 radical (unpaired) electrons. The van der Waals surface area contributed by atoms with Crippen LogP contribution in [0.5, 0.6) is 0 Å². The molecule has 144 valence electrons. The summed E-state index contributed by atoms with van der Waals surface area (Å²) < 4.78 is 17.3. The van der Waals surface area contributed by atoms with E-state index in [9.17, 15) is 19.2 Å². The highest BCUT2D eigenvalue weighted by atomic mass is 32.3. The Morgan fingerprint density at radius 1 is 1.56 bits per heavy atom. The van der Waals surface area contributed by atoms with Crippen LogP contribution in [0, 0.1) is 5.92 Å². The molecule has 0 aromatic rings. The van der Waals surface area contributed by atoms with E-state index < -0.39 is 29.5 Å². The second-order valence-corrected chi connectivity index (χ2v) is 16.7. The van der Waals surface area contributed by atoms with Crippen molar-refractivity contribution in [3.63, 3.8) is 0 Å². The van der Waals surface area contributed by atoms with E-state index in [0.717, 1.165) is 11.8 Å². The molecule has 25 heavy (non-hydrogen) atoms. The fraction of sp³-hybridized carbons (Fsp3) is 0.875. The van der Waals surface area contributed by atoms with Crippen LogP contribution < -0.4 is 0 Å². The maximum Gasteiger partial charge on any atom is 0.373 e. The molecule has 2 aliphatic rings. The molecule has 2 unspecified atom stereocenters. The molecule has 0 aromatic heterocycles. The van der Waals surface area contributed by atoms with Gasteiger partial charge in [0.05, 0.1) is 23.9 Å². The van der Waals surface area contributed by atoms with E-state index in [1.807, 2.05) is 6.92 Å². The molecule has 1 amide bonds. The summed E-state index contributed by atoms with van der Waals surface area (Å²) in [6.45, 7) is 14.3. The molecule has 6 nitrogen and oxygen atoms in total. The zero-order valence-corrected chi connectivity index (χ0v) is 18.6. The largest absolute Gasteiger partial charge is 0.615 e. The van der Waals surface area contributed by atoms with Crippen LogP contribution in [0.1, 0.15) is 34.6 Å². The third-order valence-electron chi connectivity index (χ3n) is 5.62. The minimum absolute atomic E-state index is 0.0142. The molecule has 2 saturated heterocycles. The molecular formula is C16H29NO5S2Si. The van der Waals surface area contributed by atoms with Gasteiger partial charge in [-0.15, -0.1) is 0 Å². The average molecular weight is 408 g/mol. The zero-order valence-electron chi connectivity index (χ0n) is 16.0. The van der Waals surface area contributed by atoms with E-state index >= 15 is 0 Å². The van der Waals surface area contributed by atoms with Crippen molar-refractivity contribution in [2.75, 3.05) is 12.3 Å². The minimum Gasteiger partial charge on any atom is -0.615 e. The predicted molar refractivity (Wildman–Crippen MR) is 103 cm³/mol. The SMILES string of the molecule is CC[S+]([O-])C1(C(=O)O)CN2C(=O)[C@H]([C@@H](C)O[Si](C)(C)C(C)(C)C)[C@H]2S1. The van der Waals surface area contributed by atoms with E-state index in [2.05, 4.69) is 33.9 Å². The Balaban J connectivity index is 2.17. The predicted octanol–water partition coefficient (Wildman–Crippen LogP) is 2.48. The number of amides is 1. The first-order valence-corrected chi connectivity index (χ1v) is 13.7. The van der Waals surface area contributed by atoms with Gasteiger partial charge in [0.25, 0.3) is 4.08 Å². The molecule has 1 N–H and O–H groups in total. The molecule has 9 heteroatoms. The Morgan fingerprint density at radius 3 is 2.56 bits per heavy atom. The van der Waals surface area contributed by atoms with Crippen molar-refractivity contribution >= 4 is 43.1 Å². The summed E-state index contributed by atoms with van der Waals surface area (Å²) in [6, 6.07) is 0. The number of rotatable bonds is 6. The molecule has 0 bridgehead atoms. The van der Waals surface area contributed by atoms with Crippen molar-refractivity contribution in [3.8, 4) is 0 Å². The number of carbonyl (C=O) groups is 2. The Hall–Kier alpha value is -0.223. The summed E-state index contributed by atoms with van der Waals surface area (Å²) in [7, 11) is -2.03. The van der Waals surface area contributed by atoms with Crippen LogP contribution in [-0.4, -0.2) is 62.6 Å². The monoisotopic (exact) mass is 407 g/mol. The van der Waals surface area contributed by atoms with Gasteiger partial charge in [-0.3, -0.25) is 4.79 Å². The highest BCUT2D eigenvalue weighted by Crippen LogP contribution is 2.54. The summed E-state index contributed by atoms with van der Waals surface area (Å²) in [5.74, 6) is -1.29. The van der Waals surface area contributed by atoms with E-state index in [-0.39, 0.29) is 40.6 Å². The van der Waals surface area contributed by atoms with Crippen molar-refractivity contribution < 1.29 is 23.7 Å². The third-order valence-corrected chi connectivity index (χ3v) is 14.1. The molecule has 0 saturated carbocycles. The van der Waals surface area contributed by atoms with Gasteiger partial charge >= 0.3 is 5.97 Å². The van der Waals surface area contributed by atoms with Gasteiger partial charge in [-0.05, 0) is 43.2 Å². The van der Waals surface area contributed by atoms with Crippen molar-refractivity contribution in [2.24, 2.45) is 5.92 Å². The van der Waals surface area contributed by atoms with Gasteiger partial charge in [0.1, 0.15) is 5.75 Å². The van der Waals surface area contributed by atoms with Crippen molar-refractivity contribution in [2.45, 2.75) is 68.3 Å². The minimum atomic E-state index is -2.03. The lowest BCUT2D eigenvalue weighted by molar-refractivity contribution is -0.155. The highest BCUT2D eigenvalue weighted by molar-refractivity contribution is 8.16. The maximum atomic E-state index is 12.6. The summed E-state index contributed by atoms with van der Waals surface area (Å²) in [5.41, 5.74) is 0. The van der Waals surface area contributed by atoms with Crippen molar-refractivity contribution in [1.29, 1.82) is 0 Å².